The molecule has 5 nitrogen and oxygen atoms in total. The van der Waals surface area contributed by atoms with Crippen LogP contribution in [-0.2, 0) is 17.0 Å². The van der Waals surface area contributed by atoms with Gasteiger partial charge in [-0.1, -0.05) is 59.8 Å². The lowest BCUT2D eigenvalue weighted by Gasteiger charge is -2.13. The number of nitrogens with zero attached hydrogens (tertiary/aromatic N) is 2. The predicted octanol–water partition coefficient (Wildman–Crippen LogP) is 6.08. The monoisotopic (exact) mass is 502 g/mol. The molecule has 0 aliphatic rings. The summed E-state index contributed by atoms with van der Waals surface area (Å²) in [7, 11) is 0. The molecule has 0 spiro atoms. The summed E-state index contributed by atoms with van der Waals surface area (Å²) in [5.74, 6) is -0.499. The molecule has 2 heterocycles. The van der Waals surface area contributed by atoms with Crippen molar-refractivity contribution >= 4 is 50.9 Å². The summed E-state index contributed by atoms with van der Waals surface area (Å²) >= 11 is 8.74. The minimum absolute atomic E-state index is 0.199. The highest BCUT2D eigenvalue weighted by molar-refractivity contribution is 7.98. The van der Waals surface area contributed by atoms with Crippen molar-refractivity contribution in [2.45, 2.75) is 31.3 Å². The molecule has 0 bridgehead atoms. The molecule has 0 radical (unpaired) electrons. The number of carbonyl (C=O) groups is 1. The second-order valence-electron chi connectivity index (χ2n) is 7.21. The van der Waals surface area contributed by atoms with Crippen LogP contribution < -0.4 is 5.56 Å². The van der Waals surface area contributed by atoms with Gasteiger partial charge in [0.1, 0.15) is 15.5 Å². The van der Waals surface area contributed by atoms with Gasteiger partial charge in [0.25, 0.3) is 5.56 Å². The molecule has 0 N–H and O–H groups in total. The van der Waals surface area contributed by atoms with Crippen molar-refractivity contribution in [2.24, 2.45) is 0 Å². The van der Waals surface area contributed by atoms with Crippen LogP contribution in [0.2, 0.25) is 5.02 Å². The van der Waals surface area contributed by atoms with Gasteiger partial charge in [-0.25, -0.2) is 14.2 Å². The van der Waals surface area contributed by atoms with Gasteiger partial charge in [0.15, 0.2) is 5.16 Å². The Bertz CT molecular complexity index is 1400. The third-order valence-electron chi connectivity index (χ3n) is 5.08. The third kappa shape index (κ3) is 4.83. The molecule has 0 atom stereocenters. The minimum atomic E-state index is -0.476. The Labute approximate surface area is 203 Å². The number of thiophene rings is 1. The van der Waals surface area contributed by atoms with Gasteiger partial charge in [0.05, 0.1) is 18.5 Å². The zero-order chi connectivity index (χ0) is 23.5. The van der Waals surface area contributed by atoms with E-state index in [-0.39, 0.29) is 24.5 Å². The summed E-state index contributed by atoms with van der Waals surface area (Å²) in [5, 5.41) is 1.33. The number of rotatable bonds is 7. The summed E-state index contributed by atoms with van der Waals surface area (Å²) in [6.45, 7) is 3.89. The Kier molecular flexibility index (Phi) is 7.17. The molecule has 0 amide bonds. The maximum atomic E-state index is 14.2. The van der Waals surface area contributed by atoms with Gasteiger partial charge < -0.3 is 4.74 Å². The molecule has 33 heavy (non-hydrogen) atoms. The molecule has 0 aliphatic heterocycles. The van der Waals surface area contributed by atoms with Crippen molar-refractivity contribution in [3.8, 4) is 0 Å². The van der Waals surface area contributed by atoms with Crippen LogP contribution in [0.15, 0.2) is 58.5 Å². The second kappa shape index (κ2) is 10.1. The molecular formula is C24H20ClFN2O3S2. The average molecular weight is 503 g/mol. The molecule has 4 aromatic rings. The number of carbonyl (C=O) groups excluding carboxylic acids is 1. The van der Waals surface area contributed by atoms with Crippen molar-refractivity contribution in [3.05, 3.63) is 91.3 Å². The van der Waals surface area contributed by atoms with Crippen molar-refractivity contribution in [2.75, 3.05) is 6.61 Å². The van der Waals surface area contributed by atoms with E-state index >= 15 is 0 Å². The van der Waals surface area contributed by atoms with E-state index < -0.39 is 5.97 Å². The van der Waals surface area contributed by atoms with Crippen molar-refractivity contribution in [3.63, 3.8) is 0 Å². The van der Waals surface area contributed by atoms with Crippen molar-refractivity contribution in [1.29, 1.82) is 0 Å². The van der Waals surface area contributed by atoms with Crippen LogP contribution in [0.1, 0.15) is 33.3 Å². The van der Waals surface area contributed by atoms with Gasteiger partial charge in [0.2, 0.25) is 0 Å². The quantitative estimate of drug-likeness (QED) is 0.174. The maximum Gasteiger partial charge on any atom is 0.348 e. The Hall–Kier alpha value is -2.68. The van der Waals surface area contributed by atoms with Gasteiger partial charge in [-0.3, -0.25) is 9.36 Å². The van der Waals surface area contributed by atoms with Gasteiger partial charge in [-0.05, 0) is 42.7 Å². The molecule has 170 valence electrons. The number of halogens is 2. The molecule has 9 heteroatoms. The lowest BCUT2D eigenvalue weighted by Crippen LogP contribution is -2.24. The molecular weight excluding hydrogens is 483 g/mol. The maximum absolute atomic E-state index is 14.2. The zero-order valence-electron chi connectivity index (χ0n) is 17.9. The van der Waals surface area contributed by atoms with E-state index in [0.717, 1.165) is 16.9 Å². The molecule has 0 fully saturated rings. The standard InChI is InChI=1S/C24H20ClFN2O3S2/c1-3-31-23(30)20-14(2)19-21(33-20)27-24(32-13-16-9-5-7-11-18(16)26)28(22(19)29)12-15-8-4-6-10-17(15)25/h4-11H,3,12-13H2,1-2H3. The SMILES string of the molecule is CCOC(=O)c1sc2nc(SCc3ccccc3F)n(Cc3ccccc3Cl)c(=O)c2c1C. The number of thioether (sulfide) groups is 1. The number of hydrogen-bond acceptors (Lipinski definition) is 6. The lowest BCUT2D eigenvalue weighted by molar-refractivity contribution is 0.0531. The third-order valence-corrected chi connectivity index (χ3v) is 7.64. The van der Waals surface area contributed by atoms with Gasteiger partial charge in [-0.15, -0.1) is 11.3 Å². The summed E-state index contributed by atoms with van der Waals surface area (Å²) in [6, 6.07) is 13.8. The highest BCUT2D eigenvalue weighted by atomic mass is 35.5. The fourth-order valence-electron chi connectivity index (χ4n) is 3.39. The fourth-order valence-corrected chi connectivity index (χ4v) is 5.69. The molecule has 2 aromatic heterocycles. The average Bonchev–Trinajstić information content (AvgIpc) is 3.13. The van der Waals surface area contributed by atoms with E-state index in [9.17, 15) is 14.0 Å². The van der Waals surface area contributed by atoms with Crippen LogP contribution >= 0.6 is 34.7 Å². The number of aromatic nitrogens is 2. The van der Waals surface area contributed by atoms with E-state index in [1.54, 1.807) is 38.1 Å². The normalized spacial score (nSPS) is 11.2. The number of aryl methyl sites for hydroxylation is 1. The smallest absolute Gasteiger partial charge is 0.348 e. The Morgan fingerprint density at radius 3 is 2.58 bits per heavy atom. The zero-order valence-corrected chi connectivity index (χ0v) is 20.3. The van der Waals surface area contributed by atoms with E-state index in [1.165, 1.54) is 22.4 Å². The number of benzene rings is 2. The van der Waals surface area contributed by atoms with Crippen molar-refractivity contribution in [1.82, 2.24) is 9.55 Å². The van der Waals surface area contributed by atoms with Gasteiger partial charge in [0, 0.05) is 10.8 Å². The van der Waals surface area contributed by atoms with Gasteiger partial charge >= 0.3 is 5.97 Å². The first kappa shape index (κ1) is 23.5. The number of esters is 1. The second-order valence-corrected chi connectivity index (χ2v) is 9.56. The van der Waals surface area contributed by atoms with Crippen LogP contribution in [0.5, 0.6) is 0 Å². The first-order valence-electron chi connectivity index (χ1n) is 10.2. The summed E-state index contributed by atoms with van der Waals surface area (Å²) < 4.78 is 20.8. The van der Waals surface area contributed by atoms with Gasteiger partial charge in [-0.2, -0.15) is 0 Å². The number of ether oxygens (including phenoxy) is 1. The number of fused-ring (bicyclic) bond motifs is 1. The van der Waals surface area contributed by atoms with Crippen LogP contribution in [0.4, 0.5) is 4.39 Å². The summed E-state index contributed by atoms with van der Waals surface area (Å²) in [4.78, 5) is 31.5. The van der Waals surface area contributed by atoms with Crippen LogP contribution in [0.3, 0.4) is 0 Å². The molecule has 4 rings (SSSR count). The largest absolute Gasteiger partial charge is 0.462 e. The molecule has 0 unspecified atom stereocenters. The Morgan fingerprint density at radius 2 is 1.88 bits per heavy atom. The first-order valence-corrected chi connectivity index (χ1v) is 12.4. The molecule has 0 aliphatic carbocycles. The number of hydrogen-bond donors (Lipinski definition) is 0. The van der Waals surface area contributed by atoms with Crippen LogP contribution in [0.25, 0.3) is 10.2 Å². The van der Waals surface area contributed by atoms with Crippen LogP contribution in [-0.4, -0.2) is 22.1 Å². The highest BCUT2D eigenvalue weighted by Gasteiger charge is 2.23. The molecule has 2 aromatic carbocycles. The van der Waals surface area contributed by atoms with E-state index in [2.05, 4.69) is 0 Å². The molecule has 0 saturated heterocycles. The van der Waals surface area contributed by atoms with Crippen LogP contribution in [0, 0.1) is 12.7 Å². The van der Waals surface area contributed by atoms with E-state index in [4.69, 9.17) is 21.3 Å². The fraction of sp³-hybridized carbons (Fsp3) is 0.208. The highest BCUT2D eigenvalue weighted by Crippen LogP contribution is 2.31. The van der Waals surface area contributed by atoms with E-state index in [1.807, 2.05) is 18.2 Å². The summed E-state index contributed by atoms with van der Waals surface area (Å²) in [6.07, 6.45) is 0. The van der Waals surface area contributed by atoms with E-state index in [0.29, 0.717) is 42.2 Å². The topological polar surface area (TPSA) is 61.2 Å². The summed E-state index contributed by atoms with van der Waals surface area (Å²) in [5.41, 5.74) is 1.54. The Balaban J connectivity index is 1.84. The lowest BCUT2D eigenvalue weighted by atomic mass is 10.2. The first-order chi connectivity index (χ1) is 15.9. The minimum Gasteiger partial charge on any atom is -0.462 e. The predicted molar refractivity (Wildman–Crippen MR) is 131 cm³/mol. The van der Waals surface area contributed by atoms with Crippen molar-refractivity contribution < 1.29 is 13.9 Å². The Morgan fingerprint density at radius 1 is 1.18 bits per heavy atom. The molecule has 0 saturated carbocycles.